The number of amides is 1. The number of fused-ring (bicyclic) bond motifs is 1. The Hall–Kier alpha value is -2.55. The number of nitrogens with zero attached hydrogens (tertiary/aromatic N) is 3. The third-order valence-electron chi connectivity index (χ3n) is 4.18. The van der Waals surface area contributed by atoms with Gasteiger partial charge in [-0.2, -0.15) is 0 Å². The van der Waals surface area contributed by atoms with E-state index in [1.807, 2.05) is 4.57 Å². The molecule has 0 spiro atoms. The Morgan fingerprint density at radius 2 is 1.92 bits per heavy atom. The summed E-state index contributed by atoms with van der Waals surface area (Å²) in [6.07, 6.45) is 1.62. The van der Waals surface area contributed by atoms with Crippen LogP contribution in [0.2, 0.25) is 0 Å². The molecule has 1 aromatic heterocycles. The van der Waals surface area contributed by atoms with E-state index >= 15 is 0 Å². The molecule has 0 saturated heterocycles. The monoisotopic (exact) mass is 353 g/mol. The van der Waals surface area contributed by atoms with E-state index in [0.717, 1.165) is 6.07 Å². The Morgan fingerprint density at radius 3 is 2.68 bits per heavy atom. The average molecular weight is 353 g/mol. The van der Waals surface area contributed by atoms with Gasteiger partial charge in [-0.3, -0.25) is 4.79 Å². The summed E-state index contributed by atoms with van der Waals surface area (Å²) in [4.78, 5) is 18.1. The number of aromatic nitrogens is 2. The minimum atomic E-state index is -1.26. The van der Waals surface area contributed by atoms with Gasteiger partial charge in [0.15, 0.2) is 11.6 Å². The van der Waals surface area contributed by atoms with Gasteiger partial charge in [-0.15, -0.1) is 0 Å². The third kappa shape index (κ3) is 3.76. The topological polar surface area (TPSA) is 90.2 Å². The lowest BCUT2D eigenvalue weighted by Gasteiger charge is -2.28. The van der Waals surface area contributed by atoms with Crippen LogP contribution in [0.5, 0.6) is 0 Å². The number of imidazole rings is 1. The minimum Gasteiger partial charge on any atom is -0.382 e. The summed E-state index contributed by atoms with van der Waals surface area (Å²) in [6.45, 7) is 1.40. The molecule has 0 saturated carbocycles. The van der Waals surface area contributed by atoms with Gasteiger partial charge in [-0.05, 0) is 18.1 Å². The maximum Gasteiger partial charge on any atom is 0.224 e. The molecular weight excluding hydrogens is 335 g/mol. The van der Waals surface area contributed by atoms with Crippen molar-refractivity contribution in [2.75, 3.05) is 12.3 Å². The van der Waals surface area contributed by atoms with Crippen molar-refractivity contribution in [2.45, 2.75) is 32.0 Å². The first-order valence-electron chi connectivity index (χ1n) is 7.81. The van der Waals surface area contributed by atoms with Crippen molar-refractivity contribution in [3.05, 3.63) is 47.2 Å². The molecular formula is C16H18F3N5O. The SMILES string of the molecule is Nc1cn2c(n1)CN(C(=O)C[C@H](N)Cc1cc(F)c(F)cc1F)CC2. The van der Waals surface area contributed by atoms with E-state index in [1.165, 1.54) is 0 Å². The lowest BCUT2D eigenvalue weighted by atomic mass is 10.0. The summed E-state index contributed by atoms with van der Waals surface area (Å²) < 4.78 is 41.7. The Labute approximate surface area is 142 Å². The lowest BCUT2D eigenvalue weighted by Crippen LogP contribution is -2.41. The van der Waals surface area contributed by atoms with Crippen molar-refractivity contribution >= 4 is 11.7 Å². The number of hydrogen-bond acceptors (Lipinski definition) is 4. The van der Waals surface area contributed by atoms with Gasteiger partial charge in [0.2, 0.25) is 5.91 Å². The molecule has 6 nitrogen and oxygen atoms in total. The number of nitrogen functional groups attached to an aromatic ring is 1. The Balaban J connectivity index is 1.61. The van der Waals surface area contributed by atoms with E-state index < -0.39 is 23.5 Å². The van der Waals surface area contributed by atoms with Crippen LogP contribution in [-0.4, -0.2) is 32.9 Å². The summed E-state index contributed by atoms with van der Waals surface area (Å²) in [5.74, 6) is -2.39. The van der Waals surface area contributed by atoms with Crippen molar-refractivity contribution in [2.24, 2.45) is 5.73 Å². The first kappa shape index (κ1) is 17.3. The fourth-order valence-electron chi connectivity index (χ4n) is 2.92. The van der Waals surface area contributed by atoms with Crippen LogP contribution in [0, 0.1) is 17.5 Å². The summed E-state index contributed by atoms with van der Waals surface area (Å²) in [5, 5.41) is 0. The number of halogens is 3. The van der Waals surface area contributed by atoms with Crippen molar-refractivity contribution in [3.8, 4) is 0 Å². The average Bonchev–Trinajstić information content (AvgIpc) is 2.91. The fraction of sp³-hybridized carbons (Fsp3) is 0.375. The van der Waals surface area contributed by atoms with Gasteiger partial charge in [0.25, 0.3) is 0 Å². The molecule has 1 atom stereocenters. The highest BCUT2D eigenvalue weighted by atomic mass is 19.2. The van der Waals surface area contributed by atoms with E-state index in [1.54, 1.807) is 11.1 Å². The maximum atomic E-state index is 13.7. The summed E-state index contributed by atoms with van der Waals surface area (Å²) in [7, 11) is 0. The number of carbonyl (C=O) groups is 1. The van der Waals surface area contributed by atoms with Gasteiger partial charge in [0, 0.05) is 37.8 Å². The van der Waals surface area contributed by atoms with Crippen LogP contribution < -0.4 is 11.5 Å². The van der Waals surface area contributed by atoms with E-state index in [2.05, 4.69) is 4.98 Å². The first-order chi connectivity index (χ1) is 11.8. The van der Waals surface area contributed by atoms with Gasteiger partial charge >= 0.3 is 0 Å². The van der Waals surface area contributed by atoms with Crippen LogP contribution in [0.15, 0.2) is 18.3 Å². The summed E-state index contributed by atoms with van der Waals surface area (Å²) in [5.41, 5.74) is 11.5. The van der Waals surface area contributed by atoms with E-state index in [4.69, 9.17) is 11.5 Å². The molecule has 2 heterocycles. The molecule has 0 fully saturated rings. The number of carbonyl (C=O) groups excluding carboxylic acids is 1. The Morgan fingerprint density at radius 1 is 1.20 bits per heavy atom. The predicted octanol–water partition coefficient (Wildman–Crippen LogP) is 1.18. The molecule has 0 unspecified atom stereocenters. The molecule has 9 heteroatoms. The second kappa shape index (κ2) is 6.75. The number of nitrogens with two attached hydrogens (primary N) is 2. The molecule has 1 aliphatic heterocycles. The second-order valence-corrected chi connectivity index (χ2v) is 6.12. The van der Waals surface area contributed by atoms with Crippen LogP contribution in [0.3, 0.4) is 0 Å². The van der Waals surface area contributed by atoms with Crippen molar-refractivity contribution in [3.63, 3.8) is 0 Å². The van der Waals surface area contributed by atoms with E-state index in [9.17, 15) is 18.0 Å². The van der Waals surface area contributed by atoms with Crippen LogP contribution in [0.25, 0.3) is 0 Å². The molecule has 0 aliphatic carbocycles. The largest absolute Gasteiger partial charge is 0.382 e. The maximum absolute atomic E-state index is 13.7. The Bertz CT molecular complexity index is 807. The molecule has 4 N–H and O–H groups in total. The van der Waals surface area contributed by atoms with Crippen LogP contribution >= 0.6 is 0 Å². The summed E-state index contributed by atoms with van der Waals surface area (Å²) in [6, 6.07) is 0.544. The van der Waals surface area contributed by atoms with Gasteiger partial charge in [0.1, 0.15) is 17.5 Å². The number of benzene rings is 1. The second-order valence-electron chi connectivity index (χ2n) is 6.12. The summed E-state index contributed by atoms with van der Waals surface area (Å²) >= 11 is 0. The highest BCUT2D eigenvalue weighted by molar-refractivity contribution is 5.77. The Kier molecular flexibility index (Phi) is 4.67. The zero-order valence-corrected chi connectivity index (χ0v) is 13.4. The minimum absolute atomic E-state index is 0.0331. The number of hydrogen-bond donors (Lipinski definition) is 2. The van der Waals surface area contributed by atoms with E-state index in [0.29, 0.717) is 37.3 Å². The predicted molar refractivity (Wildman–Crippen MR) is 84.7 cm³/mol. The first-order valence-corrected chi connectivity index (χ1v) is 7.81. The molecule has 134 valence electrons. The van der Waals surface area contributed by atoms with Crippen molar-refractivity contribution in [1.29, 1.82) is 0 Å². The zero-order valence-electron chi connectivity index (χ0n) is 13.4. The highest BCUT2D eigenvalue weighted by Crippen LogP contribution is 2.18. The molecule has 25 heavy (non-hydrogen) atoms. The molecule has 0 radical (unpaired) electrons. The molecule has 0 bridgehead atoms. The van der Waals surface area contributed by atoms with Crippen molar-refractivity contribution in [1.82, 2.24) is 14.5 Å². The highest BCUT2D eigenvalue weighted by Gasteiger charge is 2.24. The zero-order chi connectivity index (χ0) is 18.1. The molecule has 3 rings (SSSR count). The van der Waals surface area contributed by atoms with Crippen LogP contribution in [0.4, 0.5) is 19.0 Å². The molecule has 1 aliphatic rings. The van der Waals surface area contributed by atoms with Gasteiger partial charge in [-0.1, -0.05) is 0 Å². The standard InChI is InChI=1S/C16H18F3N5O/c17-11-6-13(19)12(18)4-9(11)3-10(20)5-16(25)24-2-1-23-7-14(21)22-15(23)8-24/h4,6-7,10H,1-3,5,8,20-21H2/t10-/m1/s1. The fourth-order valence-corrected chi connectivity index (χ4v) is 2.92. The lowest BCUT2D eigenvalue weighted by molar-refractivity contribution is -0.133. The number of anilines is 1. The molecule has 1 amide bonds. The normalized spacial score (nSPS) is 15.1. The molecule has 2 aromatic rings. The molecule has 1 aromatic carbocycles. The van der Waals surface area contributed by atoms with Gasteiger partial charge < -0.3 is 20.9 Å². The van der Waals surface area contributed by atoms with Crippen LogP contribution in [-0.2, 0) is 24.3 Å². The quantitative estimate of drug-likeness (QED) is 0.808. The number of rotatable bonds is 4. The van der Waals surface area contributed by atoms with Crippen LogP contribution in [0.1, 0.15) is 17.8 Å². The van der Waals surface area contributed by atoms with Crippen molar-refractivity contribution < 1.29 is 18.0 Å². The van der Waals surface area contributed by atoms with E-state index in [-0.39, 0.29) is 24.3 Å². The third-order valence-corrected chi connectivity index (χ3v) is 4.18. The van der Waals surface area contributed by atoms with Gasteiger partial charge in [-0.25, -0.2) is 18.2 Å². The van der Waals surface area contributed by atoms with Gasteiger partial charge in [0.05, 0.1) is 6.54 Å². The smallest absolute Gasteiger partial charge is 0.224 e.